The minimum absolute atomic E-state index is 0.376. The van der Waals surface area contributed by atoms with Crippen molar-refractivity contribution in [2.45, 2.75) is 32.1 Å². The second-order valence-corrected chi connectivity index (χ2v) is 4.51. The van der Waals surface area contributed by atoms with E-state index in [2.05, 4.69) is 49.4 Å². The van der Waals surface area contributed by atoms with Crippen LogP contribution >= 0.6 is 0 Å². The predicted octanol–water partition coefficient (Wildman–Crippen LogP) is 5.10. The summed E-state index contributed by atoms with van der Waals surface area (Å²) in [5, 5.41) is 2.63. The van der Waals surface area contributed by atoms with Crippen LogP contribution in [0.1, 0.15) is 37.7 Å². The van der Waals surface area contributed by atoms with Gasteiger partial charge in [0.1, 0.15) is 0 Å². The fourth-order valence-corrected chi connectivity index (χ4v) is 2.35. The number of hydrogen-bond acceptors (Lipinski definition) is 0. The Morgan fingerprint density at radius 3 is 2.65 bits per heavy atom. The largest absolute Gasteiger partial charge is 0.0770 e. The standard InChI is InChI=1S/C17H19/c1-3-5-9-14(4-2)16-13-8-11-15-10-6-7-12-17(15)16/h2,4,6-8,10-14H,3,5,9H2,1H3. The summed E-state index contributed by atoms with van der Waals surface area (Å²) in [6, 6.07) is 15.0. The highest BCUT2D eigenvalue weighted by Gasteiger charge is 2.09. The van der Waals surface area contributed by atoms with E-state index in [1.54, 1.807) is 0 Å². The summed E-state index contributed by atoms with van der Waals surface area (Å²) in [5.41, 5.74) is 1.36. The van der Waals surface area contributed by atoms with Crippen LogP contribution in [0.15, 0.2) is 48.5 Å². The third kappa shape index (κ3) is 2.58. The van der Waals surface area contributed by atoms with Gasteiger partial charge >= 0.3 is 0 Å². The summed E-state index contributed by atoms with van der Waals surface area (Å²) in [6.07, 6.45) is 5.43. The summed E-state index contributed by atoms with van der Waals surface area (Å²) in [4.78, 5) is 0. The van der Waals surface area contributed by atoms with Gasteiger partial charge in [-0.2, -0.15) is 0 Å². The number of fused-ring (bicyclic) bond motifs is 1. The normalized spacial score (nSPS) is 12.5. The molecule has 0 saturated heterocycles. The fourth-order valence-electron chi connectivity index (χ4n) is 2.35. The minimum atomic E-state index is 0.376. The van der Waals surface area contributed by atoms with Crippen molar-refractivity contribution in [2.75, 3.05) is 0 Å². The van der Waals surface area contributed by atoms with Gasteiger partial charge in [-0.05, 0) is 22.8 Å². The molecule has 0 bridgehead atoms. The first-order valence-corrected chi connectivity index (χ1v) is 6.39. The first-order valence-electron chi connectivity index (χ1n) is 6.39. The molecule has 0 heteroatoms. The van der Waals surface area contributed by atoms with Crippen molar-refractivity contribution in [1.82, 2.24) is 0 Å². The lowest BCUT2D eigenvalue weighted by atomic mass is 9.90. The first kappa shape index (κ1) is 11.9. The molecule has 0 heterocycles. The van der Waals surface area contributed by atoms with Crippen LogP contribution in [0.5, 0.6) is 0 Å². The number of rotatable bonds is 5. The quantitative estimate of drug-likeness (QED) is 0.661. The van der Waals surface area contributed by atoms with Crippen LogP contribution in [0.25, 0.3) is 10.8 Å². The van der Waals surface area contributed by atoms with E-state index in [-0.39, 0.29) is 0 Å². The Balaban J connectivity index is 2.42. The van der Waals surface area contributed by atoms with Gasteiger partial charge in [-0.25, -0.2) is 0 Å². The molecule has 0 N–H and O–H groups in total. The van der Waals surface area contributed by atoms with Gasteiger partial charge in [0.05, 0.1) is 0 Å². The van der Waals surface area contributed by atoms with E-state index in [1.807, 2.05) is 6.08 Å². The van der Waals surface area contributed by atoms with Crippen molar-refractivity contribution in [2.24, 2.45) is 0 Å². The molecule has 1 radical (unpaired) electrons. The molecule has 0 aliphatic rings. The molecular weight excluding hydrogens is 204 g/mol. The second kappa shape index (κ2) is 5.67. The van der Waals surface area contributed by atoms with E-state index in [0.717, 1.165) is 6.42 Å². The van der Waals surface area contributed by atoms with Crippen LogP contribution in [-0.4, -0.2) is 0 Å². The zero-order valence-electron chi connectivity index (χ0n) is 10.4. The molecule has 1 atom stereocenters. The average Bonchev–Trinajstić information content (AvgIpc) is 2.40. The third-order valence-corrected chi connectivity index (χ3v) is 3.32. The Labute approximate surface area is 104 Å². The number of hydrogen-bond donors (Lipinski definition) is 0. The van der Waals surface area contributed by atoms with Crippen LogP contribution in [0.2, 0.25) is 0 Å². The van der Waals surface area contributed by atoms with Crippen molar-refractivity contribution >= 4 is 10.8 Å². The molecule has 1 unspecified atom stereocenters. The van der Waals surface area contributed by atoms with Crippen LogP contribution in [0.4, 0.5) is 0 Å². The molecule has 0 fully saturated rings. The molecule has 2 rings (SSSR count). The second-order valence-electron chi connectivity index (χ2n) is 4.51. The van der Waals surface area contributed by atoms with E-state index < -0.39 is 0 Å². The van der Waals surface area contributed by atoms with Crippen LogP contribution < -0.4 is 0 Å². The molecule has 0 amide bonds. The molecular formula is C17H19. The Morgan fingerprint density at radius 1 is 1.12 bits per heavy atom. The van der Waals surface area contributed by atoms with Crippen LogP contribution in [-0.2, 0) is 0 Å². The zero-order valence-corrected chi connectivity index (χ0v) is 10.4. The summed E-state index contributed by atoms with van der Waals surface area (Å²) in [6.45, 7) is 8.03. The number of benzene rings is 2. The van der Waals surface area contributed by atoms with Gasteiger partial charge in [0.2, 0.25) is 0 Å². The molecule has 0 aliphatic heterocycles. The van der Waals surface area contributed by atoms with E-state index in [1.165, 1.54) is 29.2 Å². The summed E-state index contributed by atoms with van der Waals surface area (Å²) in [7, 11) is 0. The molecule has 0 spiro atoms. The maximum Gasteiger partial charge on any atom is 0.00272 e. The van der Waals surface area contributed by atoms with Gasteiger partial charge in [-0.15, -0.1) is 0 Å². The summed E-state index contributed by atoms with van der Waals surface area (Å²) in [5.74, 6) is 0.376. The van der Waals surface area contributed by atoms with E-state index in [0.29, 0.717) is 5.92 Å². The Bertz CT molecular complexity index is 491. The van der Waals surface area contributed by atoms with E-state index in [9.17, 15) is 0 Å². The smallest absolute Gasteiger partial charge is 0.00272 e. The van der Waals surface area contributed by atoms with Crippen molar-refractivity contribution in [3.63, 3.8) is 0 Å². The Kier molecular flexibility index (Phi) is 3.98. The van der Waals surface area contributed by atoms with Gasteiger partial charge < -0.3 is 0 Å². The van der Waals surface area contributed by atoms with E-state index >= 15 is 0 Å². The predicted molar refractivity (Wildman–Crippen MR) is 75.1 cm³/mol. The average molecular weight is 223 g/mol. The van der Waals surface area contributed by atoms with Crippen molar-refractivity contribution in [3.05, 3.63) is 60.7 Å². The van der Waals surface area contributed by atoms with Crippen molar-refractivity contribution in [1.29, 1.82) is 0 Å². The first-order chi connectivity index (χ1) is 8.36. The summed E-state index contributed by atoms with van der Waals surface area (Å²) >= 11 is 0. The zero-order chi connectivity index (χ0) is 12.1. The maximum atomic E-state index is 5.81. The van der Waals surface area contributed by atoms with Gasteiger partial charge in [-0.3, -0.25) is 0 Å². The number of allylic oxidation sites excluding steroid dienone is 1. The molecule has 0 aliphatic carbocycles. The monoisotopic (exact) mass is 223 g/mol. The highest BCUT2D eigenvalue weighted by molar-refractivity contribution is 5.86. The maximum absolute atomic E-state index is 5.81. The van der Waals surface area contributed by atoms with Gasteiger partial charge in [0, 0.05) is 5.92 Å². The highest BCUT2D eigenvalue weighted by Crippen LogP contribution is 2.29. The lowest BCUT2D eigenvalue weighted by Gasteiger charge is -2.15. The lowest BCUT2D eigenvalue weighted by Crippen LogP contribution is -1.96. The van der Waals surface area contributed by atoms with Crippen molar-refractivity contribution < 1.29 is 0 Å². The van der Waals surface area contributed by atoms with Crippen molar-refractivity contribution in [3.8, 4) is 0 Å². The molecule has 17 heavy (non-hydrogen) atoms. The van der Waals surface area contributed by atoms with Crippen LogP contribution in [0, 0.1) is 6.58 Å². The molecule has 0 saturated carbocycles. The topological polar surface area (TPSA) is 0 Å². The molecule has 87 valence electrons. The molecule has 2 aromatic rings. The number of unbranched alkanes of at least 4 members (excludes halogenated alkanes) is 1. The van der Waals surface area contributed by atoms with Gasteiger partial charge in [0.15, 0.2) is 0 Å². The SMILES string of the molecule is [CH]=CC(CCCC)c1cccc2ccccc12. The minimum Gasteiger partial charge on any atom is -0.0770 e. The van der Waals surface area contributed by atoms with Gasteiger partial charge in [-0.1, -0.05) is 74.9 Å². The lowest BCUT2D eigenvalue weighted by molar-refractivity contribution is 0.667. The third-order valence-electron chi connectivity index (χ3n) is 3.32. The van der Waals surface area contributed by atoms with Crippen LogP contribution in [0.3, 0.4) is 0 Å². The highest BCUT2D eigenvalue weighted by atomic mass is 14.1. The van der Waals surface area contributed by atoms with E-state index in [4.69, 9.17) is 6.58 Å². The molecule has 0 aromatic heterocycles. The summed E-state index contributed by atoms with van der Waals surface area (Å²) < 4.78 is 0. The molecule has 0 nitrogen and oxygen atoms in total. The van der Waals surface area contributed by atoms with Gasteiger partial charge in [0.25, 0.3) is 0 Å². The fraction of sp³-hybridized carbons (Fsp3) is 0.294. The Morgan fingerprint density at radius 2 is 1.88 bits per heavy atom. The Hall–Kier alpha value is -1.56. The molecule has 2 aromatic carbocycles.